The van der Waals surface area contributed by atoms with Crippen LogP contribution in [0, 0.1) is 0 Å². The first-order chi connectivity index (χ1) is 9.42. The van der Waals surface area contributed by atoms with Gasteiger partial charge in [0.25, 0.3) is 0 Å². The Morgan fingerprint density at radius 3 is 2.00 bits per heavy atom. The number of aliphatic carboxylic acids is 1. The number of ether oxygens (including phenoxy) is 3. The van der Waals surface area contributed by atoms with Crippen molar-refractivity contribution in [2.45, 2.75) is 58.8 Å². The van der Waals surface area contributed by atoms with Crippen LogP contribution < -0.4 is 0 Å². The van der Waals surface area contributed by atoms with Gasteiger partial charge < -0.3 is 19.3 Å². The molecule has 0 spiro atoms. The summed E-state index contributed by atoms with van der Waals surface area (Å²) >= 11 is 0. The Balaban J connectivity index is 4.79. The maximum atomic E-state index is 11.7. The Hall–Kier alpha value is -2.12. The lowest BCUT2D eigenvalue weighted by atomic mass is 10.2. The number of carboxylic acids is 1. The molecule has 0 heterocycles. The lowest BCUT2D eigenvalue weighted by molar-refractivity contribution is -0.179. The van der Waals surface area contributed by atoms with Crippen molar-refractivity contribution in [1.82, 2.24) is 0 Å². The molecule has 8 nitrogen and oxygen atoms in total. The molecule has 1 N–H and O–H groups in total. The van der Waals surface area contributed by atoms with Gasteiger partial charge >= 0.3 is 23.9 Å². The number of rotatable bonds is 6. The van der Waals surface area contributed by atoms with Gasteiger partial charge in [-0.25, -0.2) is 9.59 Å². The lowest BCUT2D eigenvalue weighted by Gasteiger charge is -2.22. The van der Waals surface area contributed by atoms with E-state index in [-0.39, 0.29) is 0 Å². The highest BCUT2D eigenvalue weighted by Crippen LogP contribution is 2.12. The van der Waals surface area contributed by atoms with Crippen LogP contribution in [0.25, 0.3) is 0 Å². The number of esters is 3. The fourth-order valence-electron chi connectivity index (χ4n) is 1.21. The van der Waals surface area contributed by atoms with E-state index in [9.17, 15) is 19.2 Å². The highest BCUT2D eigenvalue weighted by Gasteiger charge is 2.31. The van der Waals surface area contributed by atoms with Crippen LogP contribution in [0.5, 0.6) is 0 Å². The first-order valence-electron chi connectivity index (χ1n) is 6.24. The minimum Gasteiger partial charge on any atom is -0.479 e. The Kier molecular flexibility index (Phi) is 6.84. The number of hydrogen-bond acceptors (Lipinski definition) is 7. The number of carbonyl (C=O) groups excluding carboxylic acids is 3. The predicted molar refractivity (Wildman–Crippen MR) is 69.2 cm³/mol. The maximum absolute atomic E-state index is 11.7. The molecule has 0 rings (SSSR count). The predicted octanol–water partition coefficient (Wildman–Crippen LogP) is 0.666. The van der Waals surface area contributed by atoms with Gasteiger partial charge in [0.05, 0.1) is 6.42 Å². The summed E-state index contributed by atoms with van der Waals surface area (Å²) in [5, 5.41) is 8.65. The van der Waals surface area contributed by atoms with Crippen LogP contribution in [-0.2, 0) is 33.4 Å². The summed E-state index contributed by atoms with van der Waals surface area (Å²) in [5.41, 5.74) is -0.768. The topological polar surface area (TPSA) is 116 Å². The van der Waals surface area contributed by atoms with E-state index in [4.69, 9.17) is 9.84 Å². The van der Waals surface area contributed by atoms with Crippen LogP contribution in [0.4, 0.5) is 0 Å². The van der Waals surface area contributed by atoms with Crippen molar-refractivity contribution in [3.8, 4) is 0 Å². The van der Waals surface area contributed by atoms with E-state index < -0.39 is 48.1 Å². The molecule has 0 aromatic heterocycles. The van der Waals surface area contributed by atoms with Gasteiger partial charge in [0.15, 0.2) is 6.10 Å². The SMILES string of the molecule is CC(=O)OC(CC(=O)OC(C)(C)C)C(=O)OC(C)C(=O)O. The van der Waals surface area contributed by atoms with Crippen LogP contribution in [0.1, 0.15) is 41.0 Å². The molecule has 0 aliphatic rings. The summed E-state index contributed by atoms with van der Waals surface area (Å²) in [6.07, 6.45) is -3.52. The third-order valence-electron chi connectivity index (χ3n) is 1.98. The molecule has 0 saturated carbocycles. The van der Waals surface area contributed by atoms with Crippen molar-refractivity contribution in [1.29, 1.82) is 0 Å². The second kappa shape index (κ2) is 7.61. The smallest absolute Gasteiger partial charge is 0.348 e. The minimum atomic E-state index is -1.54. The fourth-order valence-corrected chi connectivity index (χ4v) is 1.21. The van der Waals surface area contributed by atoms with Crippen LogP contribution in [0.3, 0.4) is 0 Å². The highest BCUT2D eigenvalue weighted by molar-refractivity contribution is 5.86. The molecule has 0 fully saturated rings. The van der Waals surface area contributed by atoms with E-state index in [1.54, 1.807) is 20.8 Å². The van der Waals surface area contributed by atoms with Crippen molar-refractivity contribution in [3.05, 3.63) is 0 Å². The third kappa shape index (κ3) is 8.61. The molecule has 21 heavy (non-hydrogen) atoms. The van der Waals surface area contributed by atoms with Gasteiger partial charge in [0.1, 0.15) is 5.60 Å². The second-order valence-corrected chi connectivity index (χ2v) is 5.31. The summed E-state index contributed by atoms with van der Waals surface area (Å²) in [7, 11) is 0. The molecule has 0 saturated heterocycles. The monoisotopic (exact) mass is 304 g/mol. The van der Waals surface area contributed by atoms with Crippen LogP contribution >= 0.6 is 0 Å². The van der Waals surface area contributed by atoms with Crippen molar-refractivity contribution in [2.75, 3.05) is 0 Å². The zero-order chi connectivity index (χ0) is 16.8. The quantitative estimate of drug-likeness (QED) is 0.562. The van der Waals surface area contributed by atoms with Gasteiger partial charge in [-0.05, 0) is 27.7 Å². The lowest BCUT2D eigenvalue weighted by Crippen LogP contribution is -2.36. The van der Waals surface area contributed by atoms with E-state index in [0.29, 0.717) is 0 Å². The molecule has 0 aromatic rings. The molecule has 8 heteroatoms. The number of carboxylic acid groups (broad SMARTS) is 1. The Morgan fingerprint density at radius 2 is 1.62 bits per heavy atom. The summed E-state index contributed by atoms with van der Waals surface area (Å²) < 4.78 is 14.3. The highest BCUT2D eigenvalue weighted by atomic mass is 16.6. The van der Waals surface area contributed by atoms with Gasteiger partial charge in [0.2, 0.25) is 6.10 Å². The summed E-state index contributed by atoms with van der Waals surface area (Å²) in [5.74, 6) is -4.05. The Labute approximate surface area is 122 Å². The molecule has 0 aliphatic heterocycles. The molecule has 2 atom stereocenters. The Bertz CT molecular complexity index is 420. The zero-order valence-corrected chi connectivity index (χ0v) is 12.7. The van der Waals surface area contributed by atoms with Gasteiger partial charge in [-0.15, -0.1) is 0 Å². The number of hydrogen-bond donors (Lipinski definition) is 1. The normalized spacial score (nSPS) is 13.8. The van der Waals surface area contributed by atoms with Crippen LogP contribution in [0.2, 0.25) is 0 Å². The molecule has 0 bridgehead atoms. The molecule has 120 valence electrons. The average Bonchev–Trinajstić information content (AvgIpc) is 2.24. The first kappa shape index (κ1) is 18.9. The van der Waals surface area contributed by atoms with Crippen molar-refractivity contribution >= 4 is 23.9 Å². The molecule has 0 radical (unpaired) electrons. The van der Waals surface area contributed by atoms with Crippen molar-refractivity contribution in [2.24, 2.45) is 0 Å². The molecular weight excluding hydrogens is 284 g/mol. The summed E-state index contributed by atoms with van der Waals surface area (Å²) in [6, 6.07) is 0. The van der Waals surface area contributed by atoms with E-state index in [1.165, 1.54) is 0 Å². The largest absolute Gasteiger partial charge is 0.479 e. The Morgan fingerprint density at radius 1 is 1.10 bits per heavy atom. The van der Waals surface area contributed by atoms with E-state index >= 15 is 0 Å². The first-order valence-corrected chi connectivity index (χ1v) is 6.24. The van der Waals surface area contributed by atoms with Gasteiger partial charge in [-0.2, -0.15) is 0 Å². The molecular formula is C13H20O8. The van der Waals surface area contributed by atoms with Gasteiger partial charge in [0, 0.05) is 6.92 Å². The van der Waals surface area contributed by atoms with E-state index in [2.05, 4.69) is 9.47 Å². The maximum Gasteiger partial charge on any atom is 0.348 e. The average molecular weight is 304 g/mol. The van der Waals surface area contributed by atoms with E-state index in [1.807, 2.05) is 0 Å². The molecule has 0 aliphatic carbocycles. The fraction of sp³-hybridized carbons (Fsp3) is 0.692. The van der Waals surface area contributed by atoms with Crippen LogP contribution in [0.15, 0.2) is 0 Å². The standard InChI is InChI=1S/C13H20O8/c1-7(11(16)17)19-12(18)9(20-8(2)14)6-10(15)21-13(3,4)5/h7,9H,6H2,1-5H3,(H,16,17). The molecule has 2 unspecified atom stereocenters. The van der Waals surface area contributed by atoms with Crippen molar-refractivity contribution in [3.63, 3.8) is 0 Å². The summed E-state index contributed by atoms with van der Waals surface area (Å²) in [6.45, 7) is 7.10. The summed E-state index contributed by atoms with van der Waals surface area (Å²) in [4.78, 5) is 44.9. The van der Waals surface area contributed by atoms with Gasteiger partial charge in [-0.1, -0.05) is 0 Å². The second-order valence-electron chi connectivity index (χ2n) is 5.31. The van der Waals surface area contributed by atoms with Gasteiger partial charge in [-0.3, -0.25) is 9.59 Å². The minimum absolute atomic E-state index is 0.554. The third-order valence-corrected chi connectivity index (χ3v) is 1.98. The van der Waals surface area contributed by atoms with Crippen LogP contribution in [-0.4, -0.2) is 46.8 Å². The number of carbonyl (C=O) groups is 4. The molecule has 0 aromatic carbocycles. The zero-order valence-electron chi connectivity index (χ0n) is 12.7. The van der Waals surface area contributed by atoms with Crippen molar-refractivity contribution < 1.29 is 38.5 Å². The molecule has 0 amide bonds. The van der Waals surface area contributed by atoms with E-state index in [0.717, 1.165) is 13.8 Å².